The first kappa shape index (κ1) is 18.1. The van der Waals surface area contributed by atoms with E-state index in [2.05, 4.69) is 15.0 Å². The maximum Gasteiger partial charge on any atom is 0.260 e. The molecule has 0 unspecified atom stereocenters. The molecule has 1 aliphatic rings. The van der Waals surface area contributed by atoms with Crippen LogP contribution < -0.4 is 11.3 Å². The van der Waals surface area contributed by atoms with Crippen molar-refractivity contribution in [3.05, 3.63) is 46.6 Å². The smallest absolute Gasteiger partial charge is 0.260 e. The molecule has 0 amide bonds. The van der Waals surface area contributed by atoms with Crippen molar-refractivity contribution in [2.75, 3.05) is 5.73 Å². The summed E-state index contributed by atoms with van der Waals surface area (Å²) in [4.78, 5) is 25.7. The second-order valence-corrected chi connectivity index (χ2v) is 7.20. The Balaban J connectivity index is 1.83. The summed E-state index contributed by atoms with van der Waals surface area (Å²) in [7, 11) is 0. The molecule has 3 aromatic heterocycles. The molecule has 8 nitrogen and oxygen atoms in total. The maximum absolute atomic E-state index is 13.3. The zero-order valence-electron chi connectivity index (χ0n) is 15.2. The molecular formula is C20H20N6O2. The normalized spacial score (nSPS) is 19.4. The SMILES string of the molecule is N#Cc1ccc(-c2cc3cnc(N)nc3n(CC3CCC(O)CC3)c2=O)cn1. The molecule has 4 rings (SSSR count). The minimum Gasteiger partial charge on any atom is -0.393 e. The van der Waals surface area contributed by atoms with E-state index in [4.69, 9.17) is 11.0 Å². The molecule has 1 aliphatic carbocycles. The van der Waals surface area contributed by atoms with E-state index in [1.54, 1.807) is 29.0 Å². The van der Waals surface area contributed by atoms with Gasteiger partial charge in [0, 0.05) is 35.5 Å². The van der Waals surface area contributed by atoms with Gasteiger partial charge in [0.25, 0.3) is 5.56 Å². The van der Waals surface area contributed by atoms with Crippen molar-refractivity contribution in [1.29, 1.82) is 5.26 Å². The van der Waals surface area contributed by atoms with Crippen LogP contribution in [0.3, 0.4) is 0 Å². The van der Waals surface area contributed by atoms with Crippen molar-refractivity contribution in [2.24, 2.45) is 5.92 Å². The third-order valence-corrected chi connectivity index (χ3v) is 5.29. The lowest BCUT2D eigenvalue weighted by Crippen LogP contribution is -2.29. The number of nitrogen functional groups attached to an aromatic ring is 1. The number of rotatable bonds is 3. The monoisotopic (exact) mass is 376 g/mol. The van der Waals surface area contributed by atoms with E-state index in [1.807, 2.05) is 6.07 Å². The Hall–Kier alpha value is -3.31. The van der Waals surface area contributed by atoms with Gasteiger partial charge in [-0.3, -0.25) is 9.36 Å². The molecule has 3 N–H and O–H groups in total. The lowest BCUT2D eigenvalue weighted by atomic mass is 9.87. The van der Waals surface area contributed by atoms with Crippen molar-refractivity contribution in [3.63, 3.8) is 0 Å². The van der Waals surface area contributed by atoms with Crippen LogP contribution >= 0.6 is 0 Å². The quantitative estimate of drug-likeness (QED) is 0.713. The van der Waals surface area contributed by atoms with Crippen LogP contribution in [0.15, 0.2) is 35.4 Å². The number of nitriles is 1. The summed E-state index contributed by atoms with van der Waals surface area (Å²) in [5.41, 5.74) is 7.50. The van der Waals surface area contributed by atoms with Crippen molar-refractivity contribution >= 4 is 17.0 Å². The first-order valence-electron chi connectivity index (χ1n) is 9.26. The highest BCUT2D eigenvalue weighted by molar-refractivity contribution is 5.81. The fourth-order valence-corrected chi connectivity index (χ4v) is 3.75. The van der Waals surface area contributed by atoms with Crippen molar-refractivity contribution in [3.8, 4) is 17.2 Å². The third kappa shape index (κ3) is 3.44. The van der Waals surface area contributed by atoms with Crippen LogP contribution in [0.4, 0.5) is 5.95 Å². The molecule has 0 saturated heterocycles. The Morgan fingerprint density at radius 3 is 2.68 bits per heavy atom. The maximum atomic E-state index is 13.3. The average Bonchev–Trinajstić information content (AvgIpc) is 2.72. The Labute approximate surface area is 161 Å². The van der Waals surface area contributed by atoms with Crippen LogP contribution in [0, 0.1) is 17.2 Å². The summed E-state index contributed by atoms with van der Waals surface area (Å²) >= 11 is 0. The van der Waals surface area contributed by atoms with Gasteiger partial charge in [0.15, 0.2) is 0 Å². The van der Waals surface area contributed by atoms with E-state index >= 15 is 0 Å². The second-order valence-electron chi connectivity index (χ2n) is 7.20. The molecule has 0 aliphatic heterocycles. The second kappa shape index (κ2) is 7.37. The fourth-order valence-electron chi connectivity index (χ4n) is 3.75. The number of nitrogens with zero attached hydrogens (tertiary/aromatic N) is 5. The lowest BCUT2D eigenvalue weighted by molar-refractivity contribution is 0.104. The molecule has 142 valence electrons. The van der Waals surface area contributed by atoms with Crippen molar-refractivity contribution in [1.82, 2.24) is 19.5 Å². The lowest BCUT2D eigenvalue weighted by Gasteiger charge is -2.26. The van der Waals surface area contributed by atoms with Gasteiger partial charge in [-0.2, -0.15) is 10.2 Å². The predicted octanol–water partition coefficient (Wildman–Crippen LogP) is 1.86. The molecule has 28 heavy (non-hydrogen) atoms. The summed E-state index contributed by atoms with van der Waals surface area (Å²) in [6, 6.07) is 7.02. The molecule has 3 heterocycles. The highest BCUT2D eigenvalue weighted by Crippen LogP contribution is 2.27. The van der Waals surface area contributed by atoms with E-state index in [0.29, 0.717) is 34.4 Å². The summed E-state index contributed by atoms with van der Waals surface area (Å²) in [6.45, 7) is 0.510. The van der Waals surface area contributed by atoms with Crippen molar-refractivity contribution in [2.45, 2.75) is 38.3 Å². The first-order chi connectivity index (χ1) is 13.5. The molecule has 0 aromatic carbocycles. The molecule has 0 radical (unpaired) electrons. The van der Waals surface area contributed by atoms with E-state index in [0.717, 1.165) is 25.7 Å². The van der Waals surface area contributed by atoms with Gasteiger partial charge in [-0.05, 0) is 49.8 Å². The van der Waals surface area contributed by atoms with E-state index in [-0.39, 0.29) is 23.5 Å². The first-order valence-corrected chi connectivity index (χ1v) is 9.26. The number of anilines is 1. The summed E-state index contributed by atoms with van der Waals surface area (Å²) in [5.74, 6) is 0.405. The number of hydrogen-bond acceptors (Lipinski definition) is 7. The minimum absolute atomic E-state index is 0.118. The number of aromatic nitrogens is 4. The number of pyridine rings is 2. The van der Waals surface area contributed by atoms with Crippen LogP contribution in [0.5, 0.6) is 0 Å². The molecule has 1 fully saturated rings. The summed E-state index contributed by atoms with van der Waals surface area (Å²) in [5, 5.41) is 19.4. The molecule has 0 bridgehead atoms. The van der Waals surface area contributed by atoms with Gasteiger partial charge in [-0.15, -0.1) is 0 Å². The molecule has 0 spiro atoms. The summed E-state index contributed by atoms with van der Waals surface area (Å²) < 4.78 is 1.66. The molecule has 3 aromatic rings. The Kier molecular flexibility index (Phi) is 4.75. The number of fused-ring (bicyclic) bond motifs is 1. The molecule has 1 saturated carbocycles. The number of hydrogen-bond donors (Lipinski definition) is 2. The minimum atomic E-state index is -0.251. The fraction of sp³-hybridized carbons (Fsp3) is 0.350. The van der Waals surface area contributed by atoms with Crippen LogP contribution in [-0.4, -0.2) is 30.7 Å². The van der Waals surface area contributed by atoms with Crippen molar-refractivity contribution < 1.29 is 5.11 Å². The number of aliphatic hydroxyl groups is 1. The Bertz CT molecular complexity index is 1110. The topological polar surface area (TPSA) is 131 Å². The van der Waals surface area contributed by atoms with Crippen LogP contribution in [0.25, 0.3) is 22.2 Å². The molecule has 0 atom stereocenters. The van der Waals surface area contributed by atoms with Gasteiger partial charge in [-0.25, -0.2) is 9.97 Å². The van der Waals surface area contributed by atoms with Gasteiger partial charge in [0.05, 0.1) is 6.10 Å². The molecule has 8 heteroatoms. The third-order valence-electron chi connectivity index (χ3n) is 5.29. The number of nitrogens with two attached hydrogens (primary N) is 1. The van der Waals surface area contributed by atoms with Crippen LogP contribution in [-0.2, 0) is 6.54 Å². The van der Waals surface area contributed by atoms with Crippen LogP contribution in [0.2, 0.25) is 0 Å². The van der Waals surface area contributed by atoms with E-state index in [1.165, 1.54) is 6.20 Å². The van der Waals surface area contributed by atoms with E-state index in [9.17, 15) is 9.90 Å². The average molecular weight is 376 g/mol. The van der Waals surface area contributed by atoms with Gasteiger partial charge in [0.1, 0.15) is 17.4 Å². The Morgan fingerprint density at radius 2 is 2.00 bits per heavy atom. The van der Waals surface area contributed by atoms with Gasteiger partial charge >= 0.3 is 0 Å². The highest BCUT2D eigenvalue weighted by Gasteiger charge is 2.22. The Morgan fingerprint density at radius 1 is 1.21 bits per heavy atom. The largest absolute Gasteiger partial charge is 0.393 e. The van der Waals surface area contributed by atoms with Gasteiger partial charge < -0.3 is 10.8 Å². The predicted molar refractivity (Wildman–Crippen MR) is 104 cm³/mol. The zero-order chi connectivity index (χ0) is 19.7. The van der Waals surface area contributed by atoms with E-state index < -0.39 is 0 Å². The van der Waals surface area contributed by atoms with Gasteiger partial charge in [-0.1, -0.05) is 0 Å². The van der Waals surface area contributed by atoms with Crippen LogP contribution in [0.1, 0.15) is 31.4 Å². The summed E-state index contributed by atoms with van der Waals surface area (Å²) in [6.07, 6.45) is 6.09. The zero-order valence-corrected chi connectivity index (χ0v) is 15.2. The standard InChI is InChI=1S/C20H20N6O2/c21-8-15-4-3-13(9-23-15)17-7-14-10-24-20(22)25-18(14)26(19(17)28)11-12-1-5-16(27)6-2-12/h3-4,7,9-10,12,16,27H,1-2,5-6,11H2,(H2,22,24,25). The molecular weight excluding hydrogens is 356 g/mol. The van der Waals surface area contributed by atoms with Gasteiger partial charge in [0.2, 0.25) is 5.95 Å². The highest BCUT2D eigenvalue weighted by atomic mass is 16.3. The number of aliphatic hydroxyl groups excluding tert-OH is 1.